The number of carboxylic acid groups (broad SMARTS) is 1. The quantitative estimate of drug-likeness (QED) is 0.595. The Hall–Kier alpha value is -1.06. The van der Waals surface area contributed by atoms with Crippen molar-refractivity contribution in [3.8, 4) is 0 Å². The van der Waals surface area contributed by atoms with Gasteiger partial charge >= 0.3 is 5.97 Å². The first-order valence-corrected chi connectivity index (χ1v) is 6.04. The molecule has 1 atom stereocenters. The molecule has 4 heteroatoms. The van der Waals surface area contributed by atoms with E-state index in [1.807, 2.05) is 0 Å². The van der Waals surface area contributed by atoms with E-state index in [9.17, 15) is 9.59 Å². The van der Waals surface area contributed by atoms with E-state index in [0.29, 0.717) is 25.3 Å². The Balaban J connectivity index is 3.40. The van der Waals surface area contributed by atoms with E-state index < -0.39 is 5.97 Å². The predicted octanol–water partition coefficient (Wildman–Crippen LogP) is 2.18. The van der Waals surface area contributed by atoms with Crippen molar-refractivity contribution in [2.24, 2.45) is 5.92 Å². The highest BCUT2D eigenvalue weighted by Crippen LogP contribution is 2.09. The van der Waals surface area contributed by atoms with Gasteiger partial charge in [-0.2, -0.15) is 0 Å². The molecule has 0 aliphatic rings. The number of unbranched alkanes of at least 4 members (excludes halogenated alkanes) is 1. The van der Waals surface area contributed by atoms with Crippen LogP contribution in [-0.4, -0.2) is 23.5 Å². The van der Waals surface area contributed by atoms with Gasteiger partial charge in [-0.25, -0.2) is 0 Å². The minimum absolute atomic E-state index is 0.0799. The highest BCUT2D eigenvalue weighted by Gasteiger charge is 2.07. The fourth-order valence-electron chi connectivity index (χ4n) is 1.61. The summed E-state index contributed by atoms with van der Waals surface area (Å²) in [5.74, 6) is -0.261. The normalized spacial score (nSPS) is 12.1. The van der Waals surface area contributed by atoms with Crippen LogP contribution in [0.5, 0.6) is 0 Å². The van der Waals surface area contributed by atoms with Crippen molar-refractivity contribution in [2.45, 2.75) is 52.4 Å². The van der Waals surface area contributed by atoms with Gasteiger partial charge in [0, 0.05) is 19.4 Å². The molecule has 1 unspecified atom stereocenters. The number of amides is 1. The molecule has 0 saturated heterocycles. The van der Waals surface area contributed by atoms with E-state index in [2.05, 4.69) is 19.2 Å². The highest BCUT2D eigenvalue weighted by molar-refractivity contribution is 5.76. The molecular formula is C12H23NO3. The maximum atomic E-state index is 11.4. The Morgan fingerprint density at radius 3 is 2.56 bits per heavy atom. The first-order chi connectivity index (χ1) is 7.56. The van der Waals surface area contributed by atoms with Crippen molar-refractivity contribution in [1.82, 2.24) is 5.32 Å². The molecule has 94 valence electrons. The average molecular weight is 229 g/mol. The zero-order valence-electron chi connectivity index (χ0n) is 10.3. The summed E-state index contributed by atoms with van der Waals surface area (Å²) in [7, 11) is 0. The van der Waals surface area contributed by atoms with E-state index >= 15 is 0 Å². The summed E-state index contributed by atoms with van der Waals surface area (Å²) >= 11 is 0. The van der Waals surface area contributed by atoms with Crippen LogP contribution in [0.4, 0.5) is 0 Å². The molecule has 0 aliphatic carbocycles. The van der Waals surface area contributed by atoms with E-state index in [4.69, 9.17) is 5.11 Å². The first-order valence-electron chi connectivity index (χ1n) is 6.04. The Kier molecular flexibility index (Phi) is 8.58. The second kappa shape index (κ2) is 9.19. The molecule has 0 aromatic rings. The number of hydrogen-bond donors (Lipinski definition) is 2. The number of nitrogens with one attached hydrogen (secondary N) is 1. The minimum atomic E-state index is -0.775. The molecule has 1 amide bonds. The van der Waals surface area contributed by atoms with Crippen molar-refractivity contribution < 1.29 is 14.7 Å². The molecule has 0 heterocycles. The summed E-state index contributed by atoms with van der Waals surface area (Å²) in [6.45, 7) is 4.78. The van der Waals surface area contributed by atoms with E-state index in [1.54, 1.807) is 0 Å². The number of hydrogen-bond acceptors (Lipinski definition) is 2. The largest absolute Gasteiger partial charge is 0.481 e. The Morgan fingerprint density at radius 1 is 1.31 bits per heavy atom. The molecule has 0 aromatic carbocycles. The van der Waals surface area contributed by atoms with Crippen LogP contribution in [-0.2, 0) is 9.59 Å². The maximum absolute atomic E-state index is 11.4. The highest BCUT2D eigenvalue weighted by atomic mass is 16.4. The van der Waals surface area contributed by atoms with Crippen LogP contribution in [0.3, 0.4) is 0 Å². The third kappa shape index (κ3) is 9.49. The van der Waals surface area contributed by atoms with Gasteiger partial charge in [0.1, 0.15) is 0 Å². The van der Waals surface area contributed by atoms with Gasteiger partial charge in [0.05, 0.1) is 0 Å². The summed E-state index contributed by atoms with van der Waals surface area (Å²) in [5.41, 5.74) is 0. The zero-order valence-corrected chi connectivity index (χ0v) is 10.3. The number of carbonyl (C=O) groups is 2. The van der Waals surface area contributed by atoms with E-state index in [-0.39, 0.29) is 12.3 Å². The molecular weight excluding hydrogens is 206 g/mol. The molecule has 4 nitrogen and oxygen atoms in total. The van der Waals surface area contributed by atoms with Gasteiger partial charge in [0.15, 0.2) is 0 Å². The van der Waals surface area contributed by atoms with Crippen LogP contribution in [0.25, 0.3) is 0 Å². The van der Waals surface area contributed by atoms with Crippen molar-refractivity contribution in [3.63, 3.8) is 0 Å². The minimum Gasteiger partial charge on any atom is -0.481 e. The SMILES string of the molecule is CCCC(C)CC(=O)NCCCCC(=O)O. The Bertz CT molecular complexity index is 216. The standard InChI is InChI=1S/C12H23NO3/c1-3-6-10(2)9-11(14)13-8-5-4-7-12(15)16/h10H,3-9H2,1-2H3,(H,13,14)(H,15,16). The molecule has 16 heavy (non-hydrogen) atoms. The van der Waals surface area contributed by atoms with Crippen LogP contribution in [0.1, 0.15) is 52.4 Å². The van der Waals surface area contributed by atoms with E-state index in [1.165, 1.54) is 0 Å². The van der Waals surface area contributed by atoms with Crippen molar-refractivity contribution in [3.05, 3.63) is 0 Å². The maximum Gasteiger partial charge on any atom is 0.303 e. The molecule has 0 spiro atoms. The lowest BCUT2D eigenvalue weighted by Gasteiger charge is -2.09. The van der Waals surface area contributed by atoms with Gasteiger partial charge in [-0.15, -0.1) is 0 Å². The van der Waals surface area contributed by atoms with Crippen molar-refractivity contribution in [2.75, 3.05) is 6.54 Å². The Morgan fingerprint density at radius 2 is 2.00 bits per heavy atom. The summed E-state index contributed by atoms with van der Waals surface area (Å²) in [6, 6.07) is 0. The Labute approximate surface area is 97.4 Å². The molecule has 2 N–H and O–H groups in total. The topological polar surface area (TPSA) is 66.4 Å². The number of carbonyl (C=O) groups excluding carboxylic acids is 1. The molecule has 0 rings (SSSR count). The lowest BCUT2D eigenvalue weighted by Crippen LogP contribution is -2.26. The second-order valence-electron chi connectivity index (χ2n) is 4.30. The van der Waals surface area contributed by atoms with Crippen molar-refractivity contribution >= 4 is 11.9 Å². The zero-order chi connectivity index (χ0) is 12.4. The first kappa shape index (κ1) is 14.9. The van der Waals surface area contributed by atoms with E-state index in [0.717, 1.165) is 19.3 Å². The molecule has 0 saturated carbocycles. The summed E-state index contributed by atoms with van der Waals surface area (Å²) in [6.07, 6.45) is 4.30. The summed E-state index contributed by atoms with van der Waals surface area (Å²) in [5, 5.41) is 11.2. The summed E-state index contributed by atoms with van der Waals surface area (Å²) in [4.78, 5) is 21.6. The molecule has 0 aromatic heterocycles. The number of carboxylic acids is 1. The van der Waals surface area contributed by atoms with Gasteiger partial charge in [-0.05, 0) is 18.8 Å². The number of aliphatic carboxylic acids is 1. The summed E-state index contributed by atoms with van der Waals surface area (Å²) < 4.78 is 0. The average Bonchev–Trinajstić information content (AvgIpc) is 2.16. The monoisotopic (exact) mass is 229 g/mol. The van der Waals surface area contributed by atoms with Crippen LogP contribution < -0.4 is 5.32 Å². The van der Waals surface area contributed by atoms with Gasteiger partial charge in [-0.1, -0.05) is 26.7 Å². The van der Waals surface area contributed by atoms with Crippen molar-refractivity contribution in [1.29, 1.82) is 0 Å². The molecule has 0 radical (unpaired) electrons. The third-order valence-corrected chi connectivity index (χ3v) is 2.45. The third-order valence-electron chi connectivity index (χ3n) is 2.45. The second-order valence-corrected chi connectivity index (χ2v) is 4.30. The molecule has 0 bridgehead atoms. The van der Waals surface area contributed by atoms with Crippen LogP contribution in [0.15, 0.2) is 0 Å². The van der Waals surface area contributed by atoms with Gasteiger partial charge in [0.25, 0.3) is 0 Å². The van der Waals surface area contributed by atoms with Gasteiger partial charge in [0.2, 0.25) is 5.91 Å². The molecule has 0 fully saturated rings. The van der Waals surface area contributed by atoms with Gasteiger partial charge < -0.3 is 10.4 Å². The number of rotatable bonds is 9. The van der Waals surface area contributed by atoms with Crippen LogP contribution >= 0.6 is 0 Å². The fraction of sp³-hybridized carbons (Fsp3) is 0.833. The smallest absolute Gasteiger partial charge is 0.303 e. The fourth-order valence-corrected chi connectivity index (χ4v) is 1.61. The van der Waals surface area contributed by atoms with Gasteiger partial charge in [-0.3, -0.25) is 9.59 Å². The predicted molar refractivity (Wildman–Crippen MR) is 63.2 cm³/mol. The lowest BCUT2D eigenvalue weighted by atomic mass is 10.0. The lowest BCUT2D eigenvalue weighted by molar-refractivity contribution is -0.137. The van der Waals surface area contributed by atoms with Crippen LogP contribution in [0.2, 0.25) is 0 Å². The van der Waals surface area contributed by atoms with Crippen LogP contribution in [0, 0.1) is 5.92 Å². The molecule has 0 aliphatic heterocycles.